The summed E-state index contributed by atoms with van der Waals surface area (Å²) in [6, 6.07) is 3.45. The van der Waals surface area contributed by atoms with Crippen molar-refractivity contribution in [1.82, 2.24) is 9.78 Å². The van der Waals surface area contributed by atoms with Crippen molar-refractivity contribution in [2.24, 2.45) is 7.05 Å². The number of halogens is 1. The maximum atomic E-state index is 13.0. The molecule has 0 saturated carbocycles. The number of anilines is 1. The van der Waals surface area contributed by atoms with Gasteiger partial charge in [0.1, 0.15) is 11.5 Å². The van der Waals surface area contributed by atoms with E-state index in [9.17, 15) is 14.5 Å². The summed E-state index contributed by atoms with van der Waals surface area (Å²) in [4.78, 5) is 10.2. The Balaban J connectivity index is 2.20. The second-order valence-electron chi connectivity index (χ2n) is 4.19. The summed E-state index contributed by atoms with van der Waals surface area (Å²) in [5, 5.41) is 17.9. The van der Waals surface area contributed by atoms with Gasteiger partial charge >= 0.3 is 0 Å². The van der Waals surface area contributed by atoms with E-state index in [0.29, 0.717) is 6.54 Å². The van der Waals surface area contributed by atoms with E-state index in [1.807, 2.05) is 13.1 Å². The Hall–Kier alpha value is -2.44. The molecule has 0 saturated heterocycles. The van der Waals surface area contributed by atoms with Gasteiger partial charge in [-0.2, -0.15) is 5.10 Å². The molecule has 0 aliphatic rings. The zero-order valence-corrected chi connectivity index (χ0v) is 10.6. The lowest BCUT2D eigenvalue weighted by Gasteiger charge is -2.06. The second kappa shape index (κ2) is 5.05. The van der Waals surface area contributed by atoms with Crippen LogP contribution in [0.25, 0.3) is 0 Å². The van der Waals surface area contributed by atoms with Crippen LogP contribution in [-0.4, -0.2) is 14.7 Å². The van der Waals surface area contributed by atoms with Gasteiger partial charge < -0.3 is 5.32 Å². The first-order valence-corrected chi connectivity index (χ1v) is 5.64. The molecule has 2 aromatic rings. The number of nitrogens with one attached hydrogen (secondary N) is 1. The number of hydrogen-bond donors (Lipinski definition) is 1. The van der Waals surface area contributed by atoms with Crippen LogP contribution < -0.4 is 5.32 Å². The molecule has 6 nitrogen and oxygen atoms in total. The summed E-state index contributed by atoms with van der Waals surface area (Å²) in [6.45, 7) is 2.25. The molecule has 1 heterocycles. The van der Waals surface area contributed by atoms with Crippen molar-refractivity contribution >= 4 is 11.4 Å². The highest BCUT2D eigenvalue weighted by molar-refractivity contribution is 5.61. The average Bonchev–Trinajstić information content (AvgIpc) is 2.66. The number of nitro benzene ring substituents is 1. The van der Waals surface area contributed by atoms with Crippen LogP contribution in [-0.2, 0) is 13.6 Å². The lowest BCUT2D eigenvalue weighted by molar-refractivity contribution is -0.384. The highest BCUT2D eigenvalue weighted by atomic mass is 19.1. The number of nitro groups is 1. The minimum absolute atomic E-state index is 0.276. The van der Waals surface area contributed by atoms with Gasteiger partial charge in [0.25, 0.3) is 5.69 Å². The minimum Gasteiger partial charge on any atom is -0.375 e. The molecule has 1 aromatic carbocycles. The summed E-state index contributed by atoms with van der Waals surface area (Å²) in [6.07, 6.45) is 1.83. The SMILES string of the molecule is Cc1nn(C)cc1CNc1ccc(F)cc1[N+](=O)[O-]. The Kier molecular flexibility index (Phi) is 3.46. The van der Waals surface area contributed by atoms with Crippen molar-refractivity contribution in [3.05, 3.63) is 51.6 Å². The molecule has 0 radical (unpaired) electrons. The fourth-order valence-corrected chi connectivity index (χ4v) is 1.82. The van der Waals surface area contributed by atoms with Gasteiger partial charge in [-0.05, 0) is 19.1 Å². The molecular weight excluding hydrogens is 251 g/mol. The molecule has 19 heavy (non-hydrogen) atoms. The molecule has 100 valence electrons. The molecule has 1 N–H and O–H groups in total. The molecule has 0 aliphatic heterocycles. The number of aryl methyl sites for hydroxylation is 2. The summed E-state index contributed by atoms with van der Waals surface area (Å²) in [5.41, 5.74) is 1.79. The summed E-state index contributed by atoms with van der Waals surface area (Å²) >= 11 is 0. The number of aromatic nitrogens is 2. The van der Waals surface area contributed by atoms with Crippen LogP contribution in [0, 0.1) is 22.9 Å². The standard InChI is InChI=1S/C12H13FN4O2/c1-8-9(7-16(2)15-8)6-14-11-4-3-10(13)5-12(11)17(18)19/h3-5,7,14H,6H2,1-2H3. The Labute approximate surface area is 109 Å². The van der Waals surface area contributed by atoms with Gasteiger partial charge in [0.2, 0.25) is 0 Å². The molecular formula is C12H13FN4O2. The minimum atomic E-state index is -0.630. The normalized spacial score (nSPS) is 10.5. The lowest BCUT2D eigenvalue weighted by atomic mass is 10.2. The van der Waals surface area contributed by atoms with E-state index in [1.54, 1.807) is 11.7 Å². The third-order valence-corrected chi connectivity index (χ3v) is 2.74. The molecule has 0 spiro atoms. The van der Waals surface area contributed by atoms with Gasteiger partial charge in [-0.1, -0.05) is 0 Å². The number of benzene rings is 1. The Morgan fingerprint density at radius 1 is 1.53 bits per heavy atom. The first-order chi connectivity index (χ1) is 8.97. The van der Waals surface area contributed by atoms with Crippen LogP contribution >= 0.6 is 0 Å². The fraction of sp³-hybridized carbons (Fsp3) is 0.250. The largest absolute Gasteiger partial charge is 0.375 e. The maximum absolute atomic E-state index is 13.0. The van der Waals surface area contributed by atoms with Crippen molar-refractivity contribution in [1.29, 1.82) is 0 Å². The maximum Gasteiger partial charge on any atom is 0.295 e. The van der Waals surface area contributed by atoms with Gasteiger partial charge in [-0.15, -0.1) is 0 Å². The zero-order valence-electron chi connectivity index (χ0n) is 10.6. The average molecular weight is 264 g/mol. The molecule has 0 bridgehead atoms. The topological polar surface area (TPSA) is 73.0 Å². The van der Waals surface area contributed by atoms with E-state index in [0.717, 1.165) is 17.3 Å². The quantitative estimate of drug-likeness (QED) is 0.679. The summed E-state index contributed by atoms with van der Waals surface area (Å²) < 4.78 is 14.7. The summed E-state index contributed by atoms with van der Waals surface area (Å²) in [7, 11) is 1.80. The van der Waals surface area contributed by atoms with Crippen LogP contribution in [0.15, 0.2) is 24.4 Å². The van der Waals surface area contributed by atoms with E-state index >= 15 is 0 Å². The molecule has 0 atom stereocenters. The van der Waals surface area contributed by atoms with E-state index in [4.69, 9.17) is 0 Å². The number of nitrogens with zero attached hydrogens (tertiary/aromatic N) is 3. The van der Waals surface area contributed by atoms with Gasteiger partial charge in [0.15, 0.2) is 0 Å². The Morgan fingerprint density at radius 2 is 2.26 bits per heavy atom. The number of hydrogen-bond acceptors (Lipinski definition) is 4. The second-order valence-corrected chi connectivity index (χ2v) is 4.19. The first kappa shape index (κ1) is 13.0. The molecule has 7 heteroatoms. The predicted molar refractivity (Wildman–Crippen MR) is 68.3 cm³/mol. The first-order valence-electron chi connectivity index (χ1n) is 5.64. The van der Waals surface area contributed by atoms with E-state index in [1.165, 1.54) is 12.1 Å². The van der Waals surface area contributed by atoms with Gasteiger partial charge in [-0.25, -0.2) is 4.39 Å². The smallest absolute Gasteiger partial charge is 0.295 e. The molecule has 0 fully saturated rings. The molecule has 0 amide bonds. The van der Waals surface area contributed by atoms with E-state index < -0.39 is 10.7 Å². The predicted octanol–water partition coefficient (Wildman–Crippen LogP) is 2.39. The van der Waals surface area contributed by atoms with Crippen LogP contribution in [0.3, 0.4) is 0 Å². The highest BCUT2D eigenvalue weighted by Gasteiger charge is 2.15. The molecule has 0 unspecified atom stereocenters. The number of rotatable bonds is 4. The highest BCUT2D eigenvalue weighted by Crippen LogP contribution is 2.25. The van der Waals surface area contributed by atoms with E-state index in [2.05, 4.69) is 10.4 Å². The summed E-state index contributed by atoms with van der Waals surface area (Å²) in [5.74, 6) is -0.630. The van der Waals surface area contributed by atoms with Crippen molar-refractivity contribution in [3.63, 3.8) is 0 Å². The third kappa shape index (κ3) is 2.87. The van der Waals surface area contributed by atoms with Gasteiger partial charge in [0, 0.05) is 25.4 Å². The van der Waals surface area contributed by atoms with Crippen molar-refractivity contribution in [2.45, 2.75) is 13.5 Å². The van der Waals surface area contributed by atoms with Gasteiger partial charge in [0.05, 0.1) is 16.7 Å². The molecule has 1 aromatic heterocycles. The van der Waals surface area contributed by atoms with E-state index in [-0.39, 0.29) is 11.4 Å². The zero-order chi connectivity index (χ0) is 14.0. The lowest BCUT2D eigenvalue weighted by Crippen LogP contribution is -2.03. The monoisotopic (exact) mass is 264 g/mol. The van der Waals surface area contributed by atoms with Crippen LogP contribution in [0.1, 0.15) is 11.3 Å². The fourth-order valence-electron chi connectivity index (χ4n) is 1.82. The molecule has 0 aliphatic carbocycles. The van der Waals surface area contributed by atoms with Crippen LogP contribution in [0.4, 0.5) is 15.8 Å². The van der Waals surface area contributed by atoms with Crippen molar-refractivity contribution < 1.29 is 9.31 Å². The Morgan fingerprint density at radius 3 is 2.84 bits per heavy atom. The van der Waals surface area contributed by atoms with Crippen molar-refractivity contribution in [3.8, 4) is 0 Å². The van der Waals surface area contributed by atoms with Crippen LogP contribution in [0.2, 0.25) is 0 Å². The third-order valence-electron chi connectivity index (χ3n) is 2.74. The van der Waals surface area contributed by atoms with Crippen LogP contribution in [0.5, 0.6) is 0 Å². The Bertz CT molecular complexity index is 624. The van der Waals surface area contributed by atoms with Crippen molar-refractivity contribution in [2.75, 3.05) is 5.32 Å². The van der Waals surface area contributed by atoms with Gasteiger partial charge in [-0.3, -0.25) is 14.8 Å². The molecule has 2 rings (SSSR count).